The summed E-state index contributed by atoms with van der Waals surface area (Å²) in [5.41, 5.74) is 1.33. The maximum Gasteiger partial charge on any atom is 0.0409 e. The van der Waals surface area contributed by atoms with Crippen LogP contribution in [0.5, 0.6) is 0 Å². The van der Waals surface area contributed by atoms with Gasteiger partial charge in [0.05, 0.1) is 0 Å². The minimum absolute atomic E-state index is 0.471. The van der Waals surface area contributed by atoms with E-state index in [0.717, 1.165) is 17.5 Å². The Labute approximate surface area is 122 Å². The minimum Gasteiger partial charge on any atom is -0.317 e. The zero-order chi connectivity index (χ0) is 13.7. The van der Waals surface area contributed by atoms with E-state index in [4.69, 9.17) is 11.6 Å². The maximum absolute atomic E-state index is 6.08. The normalized spacial score (nSPS) is 19.5. The van der Waals surface area contributed by atoms with E-state index in [9.17, 15) is 0 Å². The summed E-state index contributed by atoms with van der Waals surface area (Å²) in [6.07, 6.45) is 2.61. The summed E-state index contributed by atoms with van der Waals surface area (Å²) >= 11 is 6.08. The lowest BCUT2D eigenvalue weighted by Gasteiger charge is -2.36. The average Bonchev–Trinajstić information content (AvgIpc) is 2.45. The molecule has 2 rings (SSSR count). The molecule has 0 bridgehead atoms. The second kappa shape index (κ2) is 7.28. The van der Waals surface area contributed by atoms with Crippen LogP contribution in [-0.2, 0) is 0 Å². The van der Waals surface area contributed by atoms with Crippen LogP contribution in [0.2, 0.25) is 5.02 Å². The zero-order valence-corrected chi connectivity index (χ0v) is 12.8. The second-order valence-electron chi connectivity index (χ2n) is 5.52. The van der Waals surface area contributed by atoms with E-state index in [1.165, 1.54) is 38.0 Å². The summed E-state index contributed by atoms with van der Waals surface area (Å²) in [7, 11) is 0. The molecule has 19 heavy (non-hydrogen) atoms. The van der Waals surface area contributed by atoms with Crippen molar-refractivity contribution >= 4 is 11.6 Å². The Balaban J connectivity index is 1.87. The van der Waals surface area contributed by atoms with Gasteiger partial charge in [-0.15, -0.1) is 0 Å². The molecule has 0 amide bonds. The maximum atomic E-state index is 6.08. The molecule has 0 aromatic heterocycles. The molecule has 106 valence electrons. The smallest absolute Gasteiger partial charge is 0.0409 e. The van der Waals surface area contributed by atoms with Crippen molar-refractivity contribution in [3.05, 3.63) is 34.9 Å². The number of likely N-dealkylation sites (tertiary alicyclic amines) is 1. The summed E-state index contributed by atoms with van der Waals surface area (Å²) in [4.78, 5) is 2.58. The van der Waals surface area contributed by atoms with E-state index in [-0.39, 0.29) is 0 Å². The van der Waals surface area contributed by atoms with Crippen LogP contribution in [0.15, 0.2) is 24.3 Å². The largest absolute Gasteiger partial charge is 0.317 e. The molecule has 1 saturated heterocycles. The molecule has 1 aromatic carbocycles. The lowest BCUT2D eigenvalue weighted by molar-refractivity contribution is 0.140. The van der Waals surface area contributed by atoms with Gasteiger partial charge in [0.2, 0.25) is 0 Å². The van der Waals surface area contributed by atoms with Gasteiger partial charge in [0.1, 0.15) is 0 Å². The van der Waals surface area contributed by atoms with Gasteiger partial charge in [-0.3, -0.25) is 4.90 Å². The molecule has 1 aliphatic heterocycles. The van der Waals surface area contributed by atoms with Crippen LogP contribution >= 0.6 is 11.6 Å². The molecular formula is C16H25ClN2. The van der Waals surface area contributed by atoms with Crippen LogP contribution in [0, 0.1) is 5.92 Å². The molecule has 0 spiro atoms. The molecule has 0 radical (unpaired) electrons. The van der Waals surface area contributed by atoms with Gasteiger partial charge in [0.25, 0.3) is 0 Å². The molecule has 0 saturated carbocycles. The number of piperidine rings is 1. The quantitative estimate of drug-likeness (QED) is 0.884. The zero-order valence-electron chi connectivity index (χ0n) is 12.0. The fourth-order valence-electron chi connectivity index (χ4n) is 2.87. The summed E-state index contributed by atoms with van der Waals surface area (Å²) in [6, 6.07) is 8.74. The Kier molecular flexibility index (Phi) is 5.68. The SMILES string of the molecule is CCNCC1CCN(C(C)c2cccc(Cl)c2)CC1. The van der Waals surface area contributed by atoms with Crippen molar-refractivity contribution in [2.75, 3.05) is 26.2 Å². The van der Waals surface area contributed by atoms with Gasteiger partial charge in [0, 0.05) is 11.1 Å². The van der Waals surface area contributed by atoms with Crippen molar-refractivity contribution in [3.8, 4) is 0 Å². The van der Waals surface area contributed by atoms with E-state index < -0.39 is 0 Å². The van der Waals surface area contributed by atoms with E-state index in [2.05, 4.69) is 36.2 Å². The third kappa shape index (κ3) is 4.20. The van der Waals surface area contributed by atoms with Crippen LogP contribution in [0.25, 0.3) is 0 Å². The number of hydrogen-bond acceptors (Lipinski definition) is 2. The third-order valence-electron chi connectivity index (χ3n) is 4.21. The molecule has 3 heteroatoms. The molecule has 1 aromatic rings. The van der Waals surface area contributed by atoms with Crippen molar-refractivity contribution in [2.24, 2.45) is 5.92 Å². The Morgan fingerprint density at radius 3 is 2.74 bits per heavy atom. The first-order valence-corrected chi connectivity index (χ1v) is 7.78. The van der Waals surface area contributed by atoms with Crippen molar-refractivity contribution in [3.63, 3.8) is 0 Å². The minimum atomic E-state index is 0.471. The van der Waals surface area contributed by atoms with Gasteiger partial charge in [-0.05, 0) is 69.6 Å². The molecule has 1 N–H and O–H groups in total. The van der Waals surface area contributed by atoms with Crippen molar-refractivity contribution < 1.29 is 0 Å². The van der Waals surface area contributed by atoms with Crippen molar-refractivity contribution in [2.45, 2.75) is 32.7 Å². The monoisotopic (exact) mass is 280 g/mol. The molecule has 0 aliphatic carbocycles. The fraction of sp³-hybridized carbons (Fsp3) is 0.625. The molecule has 1 fully saturated rings. The fourth-order valence-corrected chi connectivity index (χ4v) is 3.07. The van der Waals surface area contributed by atoms with Gasteiger partial charge < -0.3 is 5.32 Å². The number of benzene rings is 1. The van der Waals surface area contributed by atoms with Crippen LogP contribution in [0.3, 0.4) is 0 Å². The lowest BCUT2D eigenvalue weighted by Crippen LogP contribution is -2.38. The van der Waals surface area contributed by atoms with Gasteiger partial charge in [-0.1, -0.05) is 30.7 Å². The number of nitrogens with zero attached hydrogens (tertiary/aromatic N) is 1. The highest BCUT2D eigenvalue weighted by Crippen LogP contribution is 2.27. The first kappa shape index (κ1) is 14.8. The average molecular weight is 281 g/mol. The van der Waals surface area contributed by atoms with E-state index in [1.807, 2.05) is 12.1 Å². The van der Waals surface area contributed by atoms with Crippen LogP contribution in [-0.4, -0.2) is 31.1 Å². The van der Waals surface area contributed by atoms with Gasteiger partial charge in [0.15, 0.2) is 0 Å². The van der Waals surface area contributed by atoms with Gasteiger partial charge in [-0.25, -0.2) is 0 Å². The predicted molar refractivity (Wildman–Crippen MR) is 82.7 cm³/mol. The molecule has 1 unspecified atom stereocenters. The first-order valence-electron chi connectivity index (χ1n) is 7.41. The van der Waals surface area contributed by atoms with Gasteiger partial charge >= 0.3 is 0 Å². The Bertz CT molecular complexity index is 386. The van der Waals surface area contributed by atoms with E-state index in [0.29, 0.717) is 6.04 Å². The van der Waals surface area contributed by atoms with Crippen molar-refractivity contribution in [1.29, 1.82) is 0 Å². The van der Waals surface area contributed by atoms with Crippen LogP contribution < -0.4 is 5.32 Å². The molecule has 2 nitrogen and oxygen atoms in total. The number of rotatable bonds is 5. The number of nitrogens with one attached hydrogen (secondary N) is 1. The first-order chi connectivity index (χ1) is 9.20. The molecule has 1 heterocycles. The summed E-state index contributed by atoms with van der Waals surface area (Å²) < 4.78 is 0. The number of hydrogen-bond donors (Lipinski definition) is 1. The third-order valence-corrected chi connectivity index (χ3v) is 4.45. The Morgan fingerprint density at radius 1 is 1.37 bits per heavy atom. The van der Waals surface area contributed by atoms with E-state index in [1.54, 1.807) is 0 Å². The molecule has 1 aliphatic rings. The highest BCUT2D eigenvalue weighted by molar-refractivity contribution is 6.30. The Morgan fingerprint density at radius 2 is 2.11 bits per heavy atom. The number of halogens is 1. The van der Waals surface area contributed by atoms with Crippen LogP contribution in [0.4, 0.5) is 0 Å². The molecular weight excluding hydrogens is 256 g/mol. The van der Waals surface area contributed by atoms with Crippen molar-refractivity contribution in [1.82, 2.24) is 10.2 Å². The highest BCUT2D eigenvalue weighted by Gasteiger charge is 2.23. The van der Waals surface area contributed by atoms with Crippen LogP contribution in [0.1, 0.15) is 38.3 Å². The standard InChI is InChI=1S/C16H25ClN2/c1-3-18-12-14-7-9-19(10-8-14)13(2)15-5-4-6-16(17)11-15/h4-6,11,13-14,18H,3,7-10,12H2,1-2H3. The van der Waals surface area contributed by atoms with E-state index >= 15 is 0 Å². The Hall–Kier alpha value is -0.570. The summed E-state index contributed by atoms with van der Waals surface area (Å²) in [5, 5.41) is 4.30. The lowest BCUT2D eigenvalue weighted by atomic mass is 9.94. The summed E-state index contributed by atoms with van der Waals surface area (Å²) in [6.45, 7) is 9.12. The topological polar surface area (TPSA) is 15.3 Å². The predicted octanol–water partition coefficient (Wildman–Crippen LogP) is 3.72. The highest BCUT2D eigenvalue weighted by atomic mass is 35.5. The summed E-state index contributed by atoms with van der Waals surface area (Å²) in [5.74, 6) is 0.850. The van der Waals surface area contributed by atoms with Gasteiger partial charge in [-0.2, -0.15) is 0 Å². The molecule has 1 atom stereocenters. The second-order valence-corrected chi connectivity index (χ2v) is 5.95.